The number of ether oxygens (including phenoxy) is 1. The molecule has 138 valence electrons. The number of anilines is 1. The van der Waals surface area contributed by atoms with E-state index in [0.717, 1.165) is 16.7 Å². The van der Waals surface area contributed by atoms with E-state index in [9.17, 15) is 14.9 Å². The number of carbonyl (C=O) groups excluding carboxylic acids is 1. The van der Waals surface area contributed by atoms with E-state index in [2.05, 4.69) is 10.5 Å². The molecule has 0 fully saturated rings. The predicted molar refractivity (Wildman–Crippen MR) is 98.6 cm³/mol. The molecule has 0 saturated heterocycles. The molecule has 1 N–H and O–H groups in total. The second-order valence-corrected chi connectivity index (χ2v) is 6.01. The molecule has 3 rings (SSSR count). The number of benzene rings is 2. The van der Waals surface area contributed by atoms with Crippen LogP contribution in [-0.2, 0) is 4.79 Å². The first kappa shape index (κ1) is 18.1. The van der Waals surface area contributed by atoms with E-state index < -0.39 is 17.4 Å². The molecule has 0 saturated carbocycles. The maximum absolute atomic E-state index is 12.0. The lowest BCUT2D eigenvalue weighted by Gasteiger charge is -2.06. The first-order valence-electron chi connectivity index (χ1n) is 8.14. The van der Waals surface area contributed by atoms with Crippen LogP contribution >= 0.6 is 0 Å². The minimum Gasteiger partial charge on any atom is -0.477 e. The molecule has 0 unspecified atom stereocenters. The zero-order valence-electron chi connectivity index (χ0n) is 14.8. The third-order valence-corrected chi connectivity index (χ3v) is 3.79. The Morgan fingerprint density at radius 2 is 1.85 bits per heavy atom. The fraction of sp³-hybridized carbons (Fsp3) is 0.158. The molecule has 0 aliphatic carbocycles. The van der Waals surface area contributed by atoms with Gasteiger partial charge in [-0.15, -0.1) is 0 Å². The van der Waals surface area contributed by atoms with E-state index in [-0.39, 0.29) is 17.3 Å². The number of nitrogens with zero attached hydrogens (tertiary/aromatic N) is 2. The molecule has 3 aromatic rings. The highest BCUT2D eigenvalue weighted by atomic mass is 16.6. The number of carbonyl (C=O) groups is 1. The Bertz CT molecular complexity index is 979. The molecule has 0 atom stereocenters. The van der Waals surface area contributed by atoms with Crippen LogP contribution in [0.3, 0.4) is 0 Å². The Hall–Kier alpha value is -3.68. The largest absolute Gasteiger partial charge is 0.477 e. The van der Waals surface area contributed by atoms with Crippen LogP contribution in [0.1, 0.15) is 11.1 Å². The zero-order chi connectivity index (χ0) is 19.4. The molecule has 0 radical (unpaired) electrons. The number of aryl methyl sites for hydroxylation is 2. The number of nitro groups is 1. The molecule has 0 spiro atoms. The van der Waals surface area contributed by atoms with E-state index >= 15 is 0 Å². The molecule has 0 aliphatic heterocycles. The van der Waals surface area contributed by atoms with Gasteiger partial charge >= 0.3 is 5.69 Å². The van der Waals surface area contributed by atoms with Crippen LogP contribution < -0.4 is 10.1 Å². The van der Waals surface area contributed by atoms with E-state index in [1.807, 2.05) is 31.2 Å². The lowest BCUT2D eigenvalue weighted by molar-refractivity contribution is -0.385. The van der Waals surface area contributed by atoms with Crippen molar-refractivity contribution in [3.8, 4) is 17.0 Å². The van der Waals surface area contributed by atoms with Gasteiger partial charge < -0.3 is 9.26 Å². The Labute approximate surface area is 154 Å². The molecule has 1 heterocycles. The molecule has 27 heavy (non-hydrogen) atoms. The van der Waals surface area contributed by atoms with Crippen molar-refractivity contribution in [1.29, 1.82) is 0 Å². The van der Waals surface area contributed by atoms with Crippen molar-refractivity contribution in [2.24, 2.45) is 0 Å². The smallest absolute Gasteiger partial charge is 0.311 e. The van der Waals surface area contributed by atoms with Crippen molar-refractivity contribution < 1.29 is 19.0 Å². The standard InChI is InChI=1S/C19H17N3O5/c1-12-3-6-14(7-4-12)15-10-19(27-21-15)20-18(23)11-26-17-8-5-13(2)9-16(17)22(24)25/h3-10H,11H2,1-2H3,(H,20,23). The van der Waals surface area contributed by atoms with Gasteiger partial charge in [-0.05, 0) is 25.5 Å². The van der Waals surface area contributed by atoms with Gasteiger partial charge in [0.15, 0.2) is 12.4 Å². The Kier molecular flexibility index (Phi) is 5.16. The maximum atomic E-state index is 12.0. The van der Waals surface area contributed by atoms with Crippen molar-refractivity contribution in [1.82, 2.24) is 5.16 Å². The zero-order valence-corrected chi connectivity index (χ0v) is 14.8. The normalized spacial score (nSPS) is 10.4. The summed E-state index contributed by atoms with van der Waals surface area (Å²) in [6, 6.07) is 13.8. The van der Waals surface area contributed by atoms with Gasteiger partial charge in [0.2, 0.25) is 5.88 Å². The van der Waals surface area contributed by atoms with Crippen LogP contribution in [0.4, 0.5) is 11.6 Å². The summed E-state index contributed by atoms with van der Waals surface area (Å²) >= 11 is 0. The van der Waals surface area contributed by atoms with Gasteiger partial charge in [-0.3, -0.25) is 20.2 Å². The van der Waals surface area contributed by atoms with Crippen LogP contribution in [0.2, 0.25) is 0 Å². The summed E-state index contributed by atoms with van der Waals surface area (Å²) in [7, 11) is 0. The van der Waals surface area contributed by atoms with Gasteiger partial charge in [0.05, 0.1) is 4.92 Å². The average Bonchev–Trinajstić information content (AvgIpc) is 3.09. The number of amides is 1. The molecular weight excluding hydrogens is 350 g/mol. The maximum Gasteiger partial charge on any atom is 0.311 e. The number of nitrogens with one attached hydrogen (secondary N) is 1. The van der Waals surface area contributed by atoms with Gasteiger partial charge in [0, 0.05) is 17.7 Å². The SMILES string of the molecule is Cc1ccc(-c2cc(NC(=O)COc3ccc(C)cc3[N+](=O)[O-])on2)cc1. The third kappa shape index (κ3) is 4.49. The van der Waals surface area contributed by atoms with Crippen LogP contribution in [0, 0.1) is 24.0 Å². The molecule has 0 bridgehead atoms. The second-order valence-electron chi connectivity index (χ2n) is 6.01. The lowest BCUT2D eigenvalue weighted by Crippen LogP contribution is -2.20. The summed E-state index contributed by atoms with van der Waals surface area (Å²) in [6.45, 7) is 3.32. The van der Waals surface area contributed by atoms with Crippen molar-refractivity contribution in [3.63, 3.8) is 0 Å². The van der Waals surface area contributed by atoms with Gasteiger partial charge in [0.25, 0.3) is 5.91 Å². The van der Waals surface area contributed by atoms with Crippen molar-refractivity contribution in [3.05, 3.63) is 69.8 Å². The third-order valence-electron chi connectivity index (χ3n) is 3.79. The molecule has 8 nitrogen and oxygen atoms in total. The van der Waals surface area contributed by atoms with E-state index in [1.54, 1.807) is 19.1 Å². The lowest BCUT2D eigenvalue weighted by atomic mass is 10.1. The topological polar surface area (TPSA) is 108 Å². The minimum absolute atomic E-state index is 0.0265. The second kappa shape index (κ2) is 7.69. The molecule has 1 amide bonds. The summed E-state index contributed by atoms with van der Waals surface area (Å²) in [6.07, 6.45) is 0. The first-order valence-corrected chi connectivity index (χ1v) is 8.14. The summed E-state index contributed by atoms with van der Waals surface area (Å²) in [4.78, 5) is 22.5. The fourth-order valence-corrected chi connectivity index (χ4v) is 2.40. The Morgan fingerprint density at radius 1 is 1.15 bits per heavy atom. The summed E-state index contributed by atoms with van der Waals surface area (Å²) in [5, 5.41) is 17.5. The number of aromatic nitrogens is 1. The van der Waals surface area contributed by atoms with Gasteiger partial charge in [-0.1, -0.05) is 41.1 Å². The number of hydrogen-bond donors (Lipinski definition) is 1. The first-order chi connectivity index (χ1) is 12.9. The minimum atomic E-state index is -0.551. The monoisotopic (exact) mass is 367 g/mol. The van der Waals surface area contributed by atoms with Crippen LogP contribution in [0.15, 0.2) is 53.1 Å². The quantitative estimate of drug-likeness (QED) is 0.523. The van der Waals surface area contributed by atoms with Crippen LogP contribution in [0.25, 0.3) is 11.3 Å². The van der Waals surface area contributed by atoms with Crippen molar-refractivity contribution in [2.75, 3.05) is 11.9 Å². The Balaban J connectivity index is 1.62. The van der Waals surface area contributed by atoms with Crippen LogP contribution in [0.5, 0.6) is 5.75 Å². The number of rotatable bonds is 6. The fourth-order valence-electron chi connectivity index (χ4n) is 2.40. The van der Waals surface area contributed by atoms with E-state index in [0.29, 0.717) is 5.69 Å². The summed E-state index contributed by atoms with van der Waals surface area (Å²) in [5.41, 5.74) is 3.10. The highest BCUT2D eigenvalue weighted by molar-refractivity contribution is 5.91. The van der Waals surface area contributed by atoms with E-state index in [4.69, 9.17) is 9.26 Å². The summed E-state index contributed by atoms with van der Waals surface area (Å²) < 4.78 is 10.4. The molecular formula is C19H17N3O5. The molecule has 0 aliphatic rings. The van der Waals surface area contributed by atoms with Gasteiger partial charge in [-0.25, -0.2) is 0 Å². The molecule has 8 heteroatoms. The molecule has 2 aromatic carbocycles. The van der Waals surface area contributed by atoms with Gasteiger partial charge in [0.1, 0.15) is 5.69 Å². The van der Waals surface area contributed by atoms with Crippen molar-refractivity contribution in [2.45, 2.75) is 13.8 Å². The highest BCUT2D eigenvalue weighted by Gasteiger charge is 2.17. The highest BCUT2D eigenvalue weighted by Crippen LogP contribution is 2.28. The average molecular weight is 367 g/mol. The van der Waals surface area contributed by atoms with Gasteiger partial charge in [-0.2, -0.15) is 0 Å². The summed E-state index contributed by atoms with van der Waals surface area (Å²) in [5.74, 6) is -0.326. The number of hydrogen-bond acceptors (Lipinski definition) is 6. The van der Waals surface area contributed by atoms with Crippen LogP contribution in [-0.4, -0.2) is 22.6 Å². The molecule has 1 aromatic heterocycles. The Morgan fingerprint density at radius 3 is 2.56 bits per heavy atom. The van der Waals surface area contributed by atoms with Crippen molar-refractivity contribution >= 4 is 17.5 Å². The van der Waals surface area contributed by atoms with E-state index in [1.165, 1.54) is 12.1 Å². The predicted octanol–water partition coefficient (Wildman–Crippen LogP) is 3.88. The number of nitro benzene ring substituents is 1.